The lowest BCUT2D eigenvalue weighted by molar-refractivity contribution is 0.464. The van der Waals surface area contributed by atoms with Gasteiger partial charge in [0.25, 0.3) is 6.71 Å². The average Bonchev–Trinajstić information content (AvgIpc) is 3.35. The molecule has 3 nitrogen and oxygen atoms in total. The van der Waals surface area contributed by atoms with E-state index in [1.165, 1.54) is 44.0 Å². The molecule has 4 heteroatoms. The molecule has 0 fully saturated rings. The molecule has 0 spiro atoms. The predicted molar refractivity (Wildman–Crippen MR) is 164 cm³/mol. The Morgan fingerprint density at radius 2 is 1.10 bits per heavy atom. The van der Waals surface area contributed by atoms with Crippen LogP contribution in [-0.2, 0) is 0 Å². The van der Waals surface area contributed by atoms with Crippen LogP contribution in [0.3, 0.4) is 0 Å². The van der Waals surface area contributed by atoms with Crippen molar-refractivity contribution in [2.24, 2.45) is 0 Å². The molecule has 0 saturated heterocycles. The second-order valence-corrected chi connectivity index (χ2v) is 10.5. The van der Waals surface area contributed by atoms with Crippen molar-refractivity contribution in [1.82, 2.24) is 4.57 Å². The summed E-state index contributed by atoms with van der Waals surface area (Å²) in [5.74, 6) is 3.55. The molecule has 2 aliphatic heterocycles. The van der Waals surface area contributed by atoms with E-state index in [1.807, 2.05) is 24.3 Å². The van der Waals surface area contributed by atoms with E-state index in [0.717, 1.165) is 34.0 Å². The molecule has 0 amide bonds. The first kappa shape index (κ1) is 21.7. The number of nitrogens with zero attached hydrogens (tertiary/aromatic N) is 1. The van der Waals surface area contributed by atoms with Gasteiger partial charge in [-0.25, -0.2) is 0 Å². The molecule has 7 aromatic rings. The van der Waals surface area contributed by atoms with Crippen LogP contribution in [0, 0.1) is 0 Å². The highest BCUT2D eigenvalue weighted by atomic mass is 16.5. The summed E-state index contributed by atoms with van der Waals surface area (Å²) in [6.07, 6.45) is 0. The van der Waals surface area contributed by atoms with Gasteiger partial charge in [0.2, 0.25) is 0 Å². The molecule has 3 heterocycles. The number of para-hydroxylation sites is 3. The Morgan fingerprint density at radius 3 is 2.00 bits per heavy atom. The summed E-state index contributed by atoms with van der Waals surface area (Å²) in [4.78, 5) is 0. The van der Waals surface area contributed by atoms with Gasteiger partial charge in [0.1, 0.15) is 23.0 Å². The molecule has 0 radical (unpaired) electrons. The summed E-state index contributed by atoms with van der Waals surface area (Å²) < 4.78 is 15.1. The first-order chi connectivity index (χ1) is 19.8. The normalized spacial score (nSPS) is 12.8. The molecular formula is C36H22BNO2. The fourth-order valence-corrected chi connectivity index (χ4v) is 6.56. The summed E-state index contributed by atoms with van der Waals surface area (Å²) in [6.45, 7) is 0.0836. The first-order valence-electron chi connectivity index (χ1n) is 13.6. The fraction of sp³-hybridized carbons (Fsp3) is 0. The lowest BCUT2D eigenvalue weighted by atomic mass is 9.35. The predicted octanol–water partition coefficient (Wildman–Crippen LogP) is 7.18. The maximum absolute atomic E-state index is 6.54. The highest BCUT2D eigenvalue weighted by Gasteiger charge is 2.39. The topological polar surface area (TPSA) is 23.4 Å². The zero-order valence-corrected chi connectivity index (χ0v) is 21.5. The maximum Gasteiger partial charge on any atom is 0.260 e. The molecule has 186 valence electrons. The van der Waals surface area contributed by atoms with E-state index in [0.29, 0.717) is 0 Å². The molecule has 2 aliphatic rings. The molecule has 0 aliphatic carbocycles. The smallest absolute Gasteiger partial charge is 0.260 e. The minimum absolute atomic E-state index is 0.0836. The average molecular weight is 511 g/mol. The number of rotatable bonds is 2. The van der Waals surface area contributed by atoms with Gasteiger partial charge in [-0.15, -0.1) is 0 Å². The van der Waals surface area contributed by atoms with Crippen molar-refractivity contribution in [2.45, 2.75) is 0 Å². The zero-order chi connectivity index (χ0) is 26.2. The monoisotopic (exact) mass is 511 g/mol. The fourth-order valence-electron chi connectivity index (χ4n) is 6.56. The van der Waals surface area contributed by atoms with Crippen molar-refractivity contribution in [2.75, 3.05) is 0 Å². The van der Waals surface area contributed by atoms with Gasteiger partial charge in [0.15, 0.2) is 0 Å². The summed E-state index contributed by atoms with van der Waals surface area (Å²) in [6, 6.07) is 47.1. The van der Waals surface area contributed by atoms with Crippen LogP contribution < -0.4 is 25.9 Å². The summed E-state index contributed by atoms with van der Waals surface area (Å²) in [5.41, 5.74) is 9.33. The lowest BCUT2D eigenvalue weighted by Crippen LogP contribution is -2.57. The van der Waals surface area contributed by atoms with Crippen LogP contribution in [0.25, 0.3) is 38.6 Å². The van der Waals surface area contributed by atoms with Crippen molar-refractivity contribution in [3.8, 4) is 39.8 Å². The third-order valence-electron chi connectivity index (χ3n) is 8.33. The number of hydrogen-bond acceptors (Lipinski definition) is 2. The third-order valence-corrected chi connectivity index (χ3v) is 8.33. The maximum atomic E-state index is 6.54. The van der Waals surface area contributed by atoms with Gasteiger partial charge in [-0.3, -0.25) is 0 Å². The van der Waals surface area contributed by atoms with Gasteiger partial charge in [0.05, 0.1) is 11.0 Å². The molecule has 0 unspecified atom stereocenters. The van der Waals surface area contributed by atoms with E-state index in [-0.39, 0.29) is 6.71 Å². The Bertz CT molecular complexity index is 2130. The number of benzene rings is 6. The molecule has 0 bridgehead atoms. The minimum Gasteiger partial charge on any atom is -0.458 e. The van der Waals surface area contributed by atoms with Gasteiger partial charge in [-0.2, -0.15) is 0 Å². The van der Waals surface area contributed by atoms with Crippen LogP contribution in [0.15, 0.2) is 133 Å². The van der Waals surface area contributed by atoms with E-state index in [1.54, 1.807) is 0 Å². The van der Waals surface area contributed by atoms with Crippen LogP contribution in [0.1, 0.15) is 0 Å². The molecular weight excluding hydrogens is 489 g/mol. The number of ether oxygens (including phenoxy) is 2. The molecule has 0 saturated carbocycles. The Labute approximate surface area is 231 Å². The summed E-state index contributed by atoms with van der Waals surface area (Å²) >= 11 is 0. The SMILES string of the molecule is c1ccc(-n2c3ccccc3c3cc(-c4ccc5c(c4)Oc4cccc6c4B5c4ccccc4O6)ccc32)cc1. The van der Waals surface area contributed by atoms with Gasteiger partial charge < -0.3 is 14.0 Å². The Hall–Kier alpha value is -5.22. The van der Waals surface area contributed by atoms with E-state index in [4.69, 9.17) is 9.47 Å². The van der Waals surface area contributed by atoms with E-state index < -0.39 is 0 Å². The van der Waals surface area contributed by atoms with E-state index in [9.17, 15) is 0 Å². The van der Waals surface area contributed by atoms with Crippen molar-refractivity contribution in [3.05, 3.63) is 133 Å². The quantitative estimate of drug-likeness (QED) is 0.230. The number of hydrogen-bond donors (Lipinski definition) is 0. The molecule has 40 heavy (non-hydrogen) atoms. The Morgan fingerprint density at radius 1 is 0.450 bits per heavy atom. The van der Waals surface area contributed by atoms with Crippen LogP contribution in [0.5, 0.6) is 23.0 Å². The van der Waals surface area contributed by atoms with Gasteiger partial charge >= 0.3 is 0 Å². The van der Waals surface area contributed by atoms with Crippen LogP contribution in [0.2, 0.25) is 0 Å². The summed E-state index contributed by atoms with van der Waals surface area (Å²) in [5, 5.41) is 2.49. The van der Waals surface area contributed by atoms with Crippen molar-refractivity contribution in [3.63, 3.8) is 0 Å². The highest BCUT2D eigenvalue weighted by molar-refractivity contribution is 6.98. The minimum atomic E-state index is 0.0836. The van der Waals surface area contributed by atoms with Gasteiger partial charge in [0, 0.05) is 21.9 Å². The first-order valence-corrected chi connectivity index (χ1v) is 13.6. The van der Waals surface area contributed by atoms with Gasteiger partial charge in [-0.1, -0.05) is 78.9 Å². The van der Waals surface area contributed by atoms with Crippen LogP contribution in [0.4, 0.5) is 0 Å². The van der Waals surface area contributed by atoms with E-state index >= 15 is 0 Å². The van der Waals surface area contributed by atoms with Crippen molar-refractivity contribution in [1.29, 1.82) is 0 Å². The summed E-state index contributed by atoms with van der Waals surface area (Å²) in [7, 11) is 0. The molecule has 0 N–H and O–H groups in total. The van der Waals surface area contributed by atoms with Crippen LogP contribution in [-0.4, -0.2) is 11.3 Å². The molecule has 6 aromatic carbocycles. The Kier molecular flexibility index (Phi) is 4.41. The largest absolute Gasteiger partial charge is 0.458 e. The highest BCUT2D eigenvalue weighted by Crippen LogP contribution is 2.38. The number of fused-ring (bicyclic) bond motifs is 7. The van der Waals surface area contributed by atoms with Crippen molar-refractivity contribution >= 4 is 44.9 Å². The lowest BCUT2D eigenvalue weighted by Gasteiger charge is -2.32. The second kappa shape index (κ2) is 8.14. The standard InChI is InChI=1S/C36H22BNO2/c1-2-9-25(10-3-1)38-30-13-6-4-11-26(30)27-21-23(18-20-31(27)38)24-17-19-29-35(22-24)40-34-16-8-15-33-36(34)37(29)28-12-5-7-14-32(28)39-33/h1-22H. The molecule has 9 rings (SSSR count). The molecule has 0 atom stereocenters. The van der Waals surface area contributed by atoms with E-state index in [2.05, 4.69) is 114 Å². The number of aromatic nitrogens is 1. The molecule has 1 aromatic heterocycles. The Balaban J connectivity index is 1.21. The second-order valence-electron chi connectivity index (χ2n) is 10.5. The van der Waals surface area contributed by atoms with Crippen LogP contribution >= 0.6 is 0 Å². The zero-order valence-electron chi connectivity index (χ0n) is 21.5. The third kappa shape index (κ3) is 3.02. The van der Waals surface area contributed by atoms with Gasteiger partial charge in [-0.05, 0) is 76.6 Å². The van der Waals surface area contributed by atoms with Crippen molar-refractivity contribution < 1.29 is 9.47 Å².